The van der Waals surface area contributed by atoms with Gasteiger partial charge in [-0.1, -0.05) is 5.04 Å². The second kappa shape index (κ2) is 8.46. The number of rotatable bonds is 6. The Kier molecular flexibility index (Phi) is 8.89. The molecule has 9 heavy (non-hydrogen) atoms. The Labute approximate surface area is 63.6 Å². The summed E-state index contributed by atoms with van der Waals surface area (Å²) < 4.78 is 0. The summed E-state index contributed by atoms with van der Waals surface area (Å²) in [5, 5.41) is 4.15. The van der Waals surface area contributed by atoms with Crippen molar-refractivity contribution in [2.75, 3.05) is 25.0 Å². The summed E-state index contributed by atoms with van der Waals surface area (Å²) in [5.74, 6) is 0.758. The predicted molar refractivity (Wildman–Crippen MR) is 34.4 cm³/mol. The second-order valence-electron chi connectivity index (χ2n) is 1.09. The topological polar surface area (TPSA) is 27.7 Å². The molecule has 0 spiro atoms. The summed E-state index contributed by atoms with van der Waals surface area (Å²) in [6, 6.07) is 0. The molecule has 0 aliphatic rings. The molecule has 0 aromatic carbocycles. The molecule has 0 aliphatic carbocycles. The van der Waals surface area contributed by atoms with Gasteiger partial charge < -0.3 is 0 Å². The Morgan fingerprint density at radius 1 is 0.889 bits per heavy atom. The molecule has 0 atom stereocenters. The van der Waals surface area contributed by atoms with Crippen LogP contribution in [-0.2, 0) is 14.8 Å². The van der Waals surface area contributed by atoms with Crippen LogP contribution in [0.2, 0.25) is 0 Å². The van der Waals surface area contributed by atoms with E-state index in [-0.39, 0.29) is 0 Å². The van der Waals surface area contributed by atoms with Crippen molar-refractivity contribution in [2.24, 2.45) is 0 Å². The maximum atomic E-state index is 5.23. The van der Waals surface area contributed by atoms with Gasteiger partial charge in [-0.25, -0.2) is 9.78 Å². The SMILES string of the molecule is ClCCOOOCCCl. The molecule has 0 aromatic rings. The molecule has 0 saturated carbocycles. The van der Waals surface area contributed by atoms with Gasteiger partial charge in [0.2, 0.25) is 0 Å². The summed E-state index contributed by atoms with van der Waals surface area (Å²) in [7, 11) is 0. The first-order valence-corrected chi connectivity index (χ1v) is 3.51. The van der Waals surface area contributed by atoms with Gasteiger partial charge in [-0.15, -0.1) is 23.2 Å². The summed E-state index contributed by atoms with van der Waals surface area (Å²) in [4.78, 5) is 8.74. The Bertz CT molecular complexity index is 47.1. The summed E-state index contributed by atoms with van der Waals surface area (Å²) in [5.41, 5.74) is 0. The third-order valence-electron chi connectivity index (χ3n) is 0.417. The zero-order valence-electron chi connectivity index (χ0n) is 4.81. The van der Waals surface area contributed by atoms with Crippen LogP contribution in [0.1, 0.15) is 0 Å². The average Bonchev–Trinajstić information content (AvgIpc) is 1.89. The molecule has 3 nitrogen and oxygen atoms in total. The molecule has 0 bridgehead atoms. The molecule has 0 aromatic heterocycles. The minimum atomic E-state index is 0.309. The third-order valence-corrected chi connectivity index (χ3v) is 0.726. The van der Waals surface area contributed by atoms with E-state index >= 15 is 0 Å². The van der Waals surface area contributed by atoms with Crippen LogP contribution < -0.4 is 0 Å². The van der Waals surface area contributed by atoms with Crippen LogP contribution in [0.4, 0.5) is 0 Å². The molecule has 0 fully saturated rings. The third kappa shape index (κ3) is 8.46. The van der Waals surface area contributed by atoms with E-state index in [9.17, 15) is 0 Å². The maximum Gasteiger partial charge on any atom is 0.0989 e. The van der Waals surface area contributed by atoms with Crippen molar-refractivity contribution in [2.45, 2.75) is 0 Å². The highest BCUT2D eigenvalue weighted by atomic mass is 35.5. The first kappa shape index (κ1) is 9.46. The lowest BCUT2D eigenvalue weighted by molar-refractivity contribution is -0.509. The van der Waals surface area contributed by atoms with E-state index in [1.807, 2.05) is 0 Å². The Morgan fingerprint density at radius 2 is 1.33 bits per heavy atom. The lowest BCUT2D eigenvalue weighted by atomic mass is 10.9. The average molecular weight is 175 g/mol. The van der Waals surface area contributed by atoms with Gasteiger partial charge in [-0.2, -0.15) is 0 Å². The first-order chi connectivity index (χ1) is 4.41. The minimum Gasteiger partial charge on any atom is -0.205 e. The van der Waals surface area contributed by atoms with Gasteiger partial charge >= 0.3 is 0 Å². The van der Waals surface area contributed by atoms with Gasteiger partial charge in [0.25, 0.3) is 0 Å². The zero-order chi connectivity index (χ0) is 6.95. The fourth-order valence-electron chi connectivity index (χ4n) is 0.165. The highest BCUT2D eigenvalue weighted by Gasteiger charge is 1.86. The van der Waals surface area contributed by atoms with E-state index in [1.165, 1.54) is 0 Å². The fraction of sp³-hybridized carbons (Fsp3) is 1.00. The van der Waals surface area contributed by atoms with Gasteiger partial charge in [0.1, 0.15) is 0 Å². The number of hydrogen-bond donors (Lipinski definition) is 0. The highest BCUT2D eigenvalue weighted by molar-refractivity contribution is 6.18. The molecule has 0 saturated heterocycles. The molecule has 0 amide bonds. The minimum absolute atomic E-state index is 0.309. The maximum absolute atomic E-state index is 5.23. The van der Waals surface area contributed by atoms with Gasteiger partial charge in [0.05, 0.1) is 13.2 Å². The molecule has 0 aliphatic heterocycles. The second-order valence-corrected chi connectivity index (χ2v) is 1.85. The van der Waals surface area contributed by atoms with E-state index < -0.39 is 0 Å². The van der Waals surface area contributed by atoms with Crippen LogP contribution in [0, 0.1) is 0 Å². The van der Waals surface area contributed by atoms with Gasteiger partial charge in [-0.05, 0) is 0 Å². The van der Waals surface area contributed by atoms with Crippen molar-refractivity contribution < 1.29 is 14.8 Å². The van der Waals surface area contributed by atoms with Gasteiger partial charge in [-0.3, -0.25) is 0 Å². The van der Waals surface area contributed by atoms with Crippen molar-refractivity contribution in [3.8, 4) is 0 Å². The molecule has 0 rings (SSSR count). The van der Waals surface area contributed by atoms with Crippen molar-refractivity contribution in [3.05, 3.63) is 0 Å². The fourth-order valence-corrected chi connectivity index (χ4v) is 0.291. The largest absolute Gasteiger partial charge is 0.205 e. The predicted octanol–water partition coefficient (Wildman–Crippen LogP) is 1.34. The van der Waals surface area contributed by atoms with Gasteiger partial charge in [0.15, 0.2) is 0 Å². The summed E-state index contributed by atoms with van der Waals surface area (Å²) >= 11 is 10.5. The first-order valence-electron chi connectivity index (χ1n) is 2.45. The van der Waals surface area contributed by atoms with Crippen molar-refractivity contribution >= 4 is 23.2 Å². The van der Waals surface area contributed by atoms with Crippen LogP contribution in [0.3, 0.4) is 0 Å². The monoisotopic (exact) mass is 174 g/mol. The van der Waals surface area contributed by atoms with Crippen LogP contribution >= 0.6 is 23.2 Å². The van der Waals surface area contributed by atoms with Crippen LogP contribution in [0.15, 0.2) is 0 Å². The summed E-state index contributed by atoms with van der Waals surface area (Å²) in [6.45, 7) is 0.619. The highest BCUT2D eigenvalue weighted by Crippen LogP contribution is 1.84. The zero-order valence-corrected chi connectivity index (χ0v) is 6.32. The van der Waals surface area contributed by atoms with Crippen molar-refractivity contribution in [3.63, 3.8) is 0 Å². The molecular weight excluding hydrogens is 167 g/mol. The molecule has 5 heteroatoms. The molecule has 0 unspecified atom stereocenters. The molecule has 0 radical (unpaired) electrons. The lowest BCUT2D eigenvalue weighted by Crippen LogP contribution is -2.01. The number of hydrogen-bond acceptors (Lipinski definition) is 3. The Hall–Kier alpha value is 0.460. The lowest BCUT2D eigenvalue weighted by Gasteiger charge is -1.97. The molecular formula is C4H8Cl2O3. The van der Waals surface area contributed by atoms with Crippen molar-refractivity contribution in [1.82, 2.24) is 0 Å². The van der Waals surface area contributed by atoms with E-state index in [0.717, 1.165) is 0 Å². The molecule has 0 heterocycles. The van der Waals surface area contributed by atoms with Crippen LogP contribution in [-0.4, -0.2) is 25.0 Å². The smallest absolute Gasteiger partial charge is 0.0989 e. The quantitative estimate of drug-likeness (QED) is 0.264. The van der Waals surface area contributed by atoms with Crippen LogP contribution in [0.5, 0.6) is 0 Å². The van der Waals surface area contributed by atoms with Gasteiger partial charge in [0, 0.05) is 11.8 Å². The summed E-state index contributed by atoms with van der Waals surface area (Å²) in [6.07, 6.45) is 0. The number of alkyl halides is 2. The normalized spacial score (nSPS) is 10.0. The van der Waals surface area contributed by atoms with E-state index in [0.29, 0.717) is 25.0 Å². The Balaban J connectivity index is 2.60. The van der Waals surface area contributed by atoms with Crippen molar-refractivity contribution in [1.29, 1.82) is 0 Å². The Morgan fingerprint density at radius 3 is 1.67 bits per heavy atom. The molecule has 56 valence electrons. The van der Waals surface area contributed by atoms with E-state index in [4.69, 9.17) is 23.2 Å². The van der Waals surface area contributed by atoms with Crippen LogP contribution in [0.25, 0.3) is 0 Å². The molecule has 0 N–H and O–H groups in total. The number of halogens is 2. The van der Waals surface area contributed by atoms with E-state index in [1.54, 1.807) is 0 Å². The standard InChI is InChI=1S/C4H8Cl2O3/c5-1-3-7-9-8-4-2-6/h1-4H2. The van der Waals surface area contributed by atoms with E-state index in [2.05, 4.69) is 14.8 Å².